The number of hydrogen-bond acceptors (Lipinski definition) is 3. The molecule has 3 nitrogen and oxygen atoms in total. The average Bonchev–Trinajstić information content (AvgIpc) is 2.43. The van der Waals surface area contributed by atoms with Gasteiger partial charge in [-0.2, -0.15) is 0 Å². The SMILES string of the molecule is CC(SC1CCCCC1)C(=O)Nc1ccc(N)cc1Cl. The van der Waals surface area contributed by atoms with Gasteiger partial charge >= 0.3 is 0 Å². The van der Waals surface area contributed by atoms with Crippen LogP contribution in [0.15, 0.2) is 18.2 Å². The van der Waals surface area contributed by atoms with Crippen LogP contribution in [-0.2, 0) is 4.79 Å². The van der Waals surface area contributed by atoms with Crippen molar-refractivity contribution in [2.24, 2.45) is 0 Å². The van der Waals surface area contributed by atoms with Crippen LogP contribution in [0.2, 0.25) is 5.02 Å². The second-order valence-electron chi connectivity index (χ2n) is 5.27. The quantitative estimate of drug-likeness (QED) is 0.814. The van der Waals surface area contributed by atoms with Gasteiger partial charge in [0.2, 0.25) is 5.91 Å². The van der Waals surface area contributed by atoms with E-state index in [9.17, 15) is 4.79 Å². The predicted octanol–water partition coefficient (Wildman–Crippen LogP) is 4.32. The van der Waals surface area contributed by atoms with Crippen molar-refractivity contribution >= 4 is 40.6 Å². The van der Waals surface area contributed by atoms with Crippen molar-refractivity contribution in [3.05, 3.63) is 23.2 Å². The molecular weight excluding hydrogens is 292 g/mol. The molecule has 1 aromatic carbocycles. The van der Waals surface area contributed by atoms with Gasteiger partial charge in [-0.25, -0.2) is 0 Å². The Labute approximate surface area is 129 Å². The normalized spacial score (nSPS) is 17.7. The first-order valence-corrected chi connectivity index (χ1v) is 8.39. The smallest absolute Gasteiger partial charge is 0.237 e. The highest BCUT2D eigenvalue weighted by Gasteiger charge is 2.21. The predicted molar refractivity (Wildman–Crippen MR) is 88.4 cm³/mol. The van der Waals surface area contributed by atoms with E-state index < -0.39 is 0 Å². The molecule has 0 heterocycles. The van der Waals surface area contributed by atoms with Crippen molar-refractivity contribution in [3.63, 3.8) is 0 Å². The van der Waals surface area contributed by atoms with Crippen LogP contribution >= 0.6 is 23.4 Å². The summed E-state index contributed by atoms with van der Waals surface area (Å²) in [4.78, 5) is 12.2. The molecule has 110 valence electrons. The number of thioether (sulfide) groups is 1. The largest absolute Gasteiger partial charge is 0.399 e. The lowest BCUT2D eigenvalue weighted by atomic mass is 10.0. The highest BCUT2D eigenvalue weighted by Crippen LogP contribution is 2.32. The van der Waals surface area contributed by atoms with E-state index in [0.29, 0.717) is 21.6 Å². The summed E-state index contributed by atoms with van der Waals surface area (Å²) in [6.45, 7) is 1.96. The summed E-state index contributed by atoms with van der Waals surface area (Å²) in [7, 11) is 0. The molecule has 0 aromatic heterocycles. The Bertz CT molecular complexity index is 475. The van der Waals surface area contributed by atoms with E-state index in [1.165, 1.54) is 32.1 Å². The molecule has 0 saturated heterocycles. The van der Waals surface area contributed by atoms with Crippen LogP contribution in [0, 0.1) is 0 Å². The van der Waals surface area contributed by atoms with Crippen LogP contribution in [0.3, 0.4) is 0 Å². The summed E-state index contributed by atoms with van der Waals surface area (Å²) in [5, 5.41) is 3.91. The molecule has 5 heteroatoms. The van der Waals surface area contributed by atoms with E-state index in [4.69, 9.17) is 17.3 Å². The molecular formula is C15H21ClN2OS. The molecule has 0 radical (unpaired) electrons. The number of nitrogens with one attached hydrogen (secondary N) is 1. The number of halogens is 1. The monoisotopic (exact) mass is 312 g/mol. The molecule has 0 spiro atoms. The summed E-state index contributed by atoms with van der Waals surface area (Å²) >= 11 is 7.85. The van der Waals surface area contributed by atoms with E-state index >= 15 is 0 Å². The van der Waals surface area contributed by atoms with Crippen LogP contribution in [0.5, 0.6) is 0 Å². The highest BCUT2D eigenvalue weighted by molar-refractivity contribution is 8.01. The van der Waals surface area contributed by atoms with Gasteiger partial charge < -0.3 is 11.1 Å². The van der Waals surface area contributed by atoms with E-state index in [1.807, 2.05) is 6.92 Å². The molecule has 1 aliphatic carbocycles. The zero-order valence-corrected chi connectivity index (χ0v) is 13.3. The van der Waals surface area contributed by atoms with E-state index in [0.717, 1.165) is 0 Å². The maximum Gasteiger partial charge on any atom is 0.237 e. The van der Waals surface area contributed by atoms with E-state index in [2.05, 4.69) is 5.32 Å². The number of amides is 1. The van der Waals surface area contributed by atoms with Gasteiger partial charge in [-0.05, 0) is 38.0 Å². The molecule has 2 rings (SSSR count). The van der Waals surface area contributed by atoms with Crippen molar-refractivity contribution in [1.82, 2.24) is 0 Å². The van der Waals surface area contributed by atoms with Gasteiger partial charge in [0.15, 0.2) is 0 Å². The fourth-order valence-electron chi connectivity index (χ4n) is 2.42. The minimum absolute atomic E-state index is 0.00671. The minimum atomic E-state index is -0.0632. The number of carbonyl (C=O) groups excluding carboxylic acids is 1. The highest BCUT2D eigenvalue weighted by atomic mass is 35.5. The topological polar surface area (TPSA) is 55.1 Å². The van der Waals surface area contributed by atoms with Crippen LogP contribution in [-0.4, -0.2) is 16.4 Å². The third-order valence-electron chi connectivity index (χ3n) is 3.57. The first-order chi connectivity index (χ1) is 9.56. The number of nitrogens with two attached hydrogens (primary N) is 1. The summed E-state index contributed by atoms with van der Waals surface area (Å²) in [6.07, 6.45) is 6.36. The zero-order chi connectivity index (χ0) is 14.5. The minimum Gasteiger partial charge on any atom is -0.399 e. The van der Waals surface area contributed by atoms with Crippen LogP contribution in [0.4, 0.5) is 11.4 Å². The Kier molecular flexibility index (Phi) is 5.61. The van der Waals surface area contributed by atoms with Crippen molar-refractivity contribution in [2.75, 3.05) is 11.1 Å². The van der Waals surface area contributed by atoms with Gasteiger partial charge in [0.05, 0.1) is 16.0 Å². The van der Waals surface area contributed by atoms with Crippen LogP contribution in [0.1, 0.15) is 39.0 Å². The fourth-order valence-corrected chi connectivity index (χ4v) is 4.02. The van der Waals surface area contributed by atoms with Gasteiger partial charge in [0, 0.05) is 10.9 Å². The van der Waals surface area contributed by atoms with Crippen molar-refractivity contribution < 1.29 is 4.79 Å². The zero-order valence-electron chi connectivity index (χ0n) is 11.7. The maximum absolute atomic E-state index is 12.2. The number of carbonyl (C=O) groups is 1. The first-order valence-electron chi connectivity index (χ1n) is 7.07. The van der Waals surface area contributed by atoms with Gasteiger partial charge in [-0.15, -0.1) is 11.8 Å². The second kappa shape index (κ2) is 7.23. The number of nitrogen functional groups attached to an aromatic ring is 1. The number of hydrogen-bond donors (Lipinski definition) is 2. The molecule has 1 aromatic rings. The summed E-state index contributed by atoms with van der Waals surface area (Å²) in [5.74, 6) is 0.00671. The van der Waals surface area contributed by atoms with E-state index in [1.54, 1.807) is 30.0 Å². The molecule has 1 amide bonds. The summed E-state index contributed by atoms with van der Waals surface area (Å²) in [5.41, 5.74) is 6.86. The molecule has 20 heavy (non-hydrogen) atoms. The molecule has 0 aliphatic heterocycles. The number of rotatable bonds is 4. The maximum atomic E-state index is 12.2. The number of anilines is 2. The Morgan fingerprint density at radius 1 is 1.40 bits per heavy atom. The summed E-state index contributed by atoms with van der Waals surface area (Å²) in [6, 6.07) is 5.13. The molecule has 1 fully saturated rings. The average molecular weight is 313 g/mol. The van der Waals surface area contributed by atoms with Crippen LogP contribution in [0.25, 0.3) is 0 Å². The number of benzene rings is 1. The van der Waals surface area contributed by atoms with Crippen LogP contribution < -0.4 is 11.1 Å². The third kappa shape index (κ3) is 4.32. The Morgan fingerprint density at radius 3 is 2.75 bits per heavy atom. The molecule has 1 atom stereocenters. The molecule has 3 N–H and O–H groups in total. The summed E-state index contributed by atoms with van der Waals surface area (Å²) < 4.78 is 0. The second-order valence-corrected chi connectivity index (χ2v) is 7.32. The van der Waals surface area contributed by atoms with Crippen molar-refractivity contribution in [3.8, 4) is 0 Å². The van der Waals surface area contributed by atoms with Gasteiger partial charge in [0.1, 0.15) is 0 Å². The molecule has 1 unspecified atom stereocenters. The lowest BCUT2D eigenvalue weighted by Crippen LogP contribution is -2.25. The lowest BCUT2D eigenvalue weighted by Gasteiger charge is -2.24. The first kappa shape index (κ1) is 15.5. The van der Waals surface area contributed by atoms with Gasteiger partial charge in [-0.1, -0.05) is 30.9 Å². The standard InChI is InChI=1S/C15H21ClN2OS/c1-10(20-12-5-3-2-4-6-12)15(19)18-14-8-7-11(17)9-13(14)16/h7-10,12H,2-6,17H2,1H3,(H,18,19). The third-order valence-corrected chi connectivity index (χ3v) is 5.36. The molecule has 1 saturated carbocycles. The van der Waals surface area contributed by atoms with Gasteiger partial charge in [-0.3, -0.25) is 4.79 Å². The Balaban J connectivity index is 1.89. The van der Waals surface area contributed by atoms with Crippen molar-refractivity contribution in [1.29, 1.82) is 0 Å². The molecule has 1 aliphatic rings. The molecule has 0 bridgehead atoms. The van der Waals surface area contributed by atoms with E-state index in [-0.39, 0.29) is 11.2 Å². The van der Waals surface area contributed by atoms with Gasteiger partial charge in [0.25, 0.3) is 0 Å². The Morgan fingerprint density at radius 2 is 2.10 bits per heavy atom. The Hall–Kier alpha value is -0.870. The lowest BCUT2D eigenvalue weighted by molar-refractivity contribution is -0.115. The van der Waals surface area contributed by atoms with Crippen molar-refractivity contribution in [2.45, 2.75) is 49.5 Å². The fraction of sp³-hybridized carbons (Fsp3) is 0.533.